The molecule has 3 atom stereocenters. The summed E-state index contributed by atoms with van der Waals surface area (Å²) in [5.41, 5.74) is 7.57. The summed E-state index contributed by atoms with van der Waals surface area (Å²) in [6, 6.07) is 10.1. The molecule has 1 heterocycles. The van der Waals surface area contributed by atoms with Gasteiger partial charge in [0.05, 0.1) is 0 Å². The molecule has 1 aromatic carbocycles. The van der Waals surface area contributed by atoms with Crippen LogP contribution < -0.4 is 16.4 Å². The fraction of sp³-hybridized carbons (Fsp3) is 0.581. The van der Waals surface area contributed by atoms with Crippen molar-refractivity contribution in [1.29, 1.82) is 0 Å². The Labute approximate surface area is 238 Å². The van der Waals surface area contributed by atoms with E-state index in [1.807, 2.05) is 43.2 Å². The Kier molecular flexibility index (Phi) is 14.2. The SMILES string of the molecule is CCCN(CCC)C(=O)c1cccc(C(=O)N[C@@H](Cc2cccs2)[C@@H](N)C[C@@H](C)C(=O)NCC(CC)CC)c1. The smallest absolute Gasteiger partial charge is 0.253 e. The van der Waals surface area contributed by atoms with E-state index in [0.717, 1.165) is 30.6 Å². The lowest BCUT2D eigenvalue weighted by atomic mass is 9.93. The number of carbonyl (C=O) groups is 3. The van der Waals surface area contributed by atoms with E-state index in [9.17, 15) is 14.4 Å². The van der Waals surface area contributed by atoms with E-state index in [0.29, 0.717) is 49.5 Å². The molecule has 0 bridgehead atoms. The summed E-state index contributed by atoms with van der Waals surface area (Å²) < 4.78 is 0. The molecule has 0 saturated heterocycles. The molecule has 3 amide bonds. The van der Waals surface area contributed by atoms with Crippen molar-refractivity contribution in [3.8, 4) is 0 Å². The van der Waals surface area contributed by atoms with Gasteiger partial charge in [-0.2, -0.15) is 0 Å². The molecule has 2 aromatic rings. The number of hydrogen-bond donors (Lipinski definition) is 3. The van der Waals surface area contributed by atoms with Gasteiger partial charge in [0, 0.05) is 60.1 Å². The number of carbonyl (C=O) groups excluding carboxylic acids is 3. The fourth-order valence-electron chi connectivity index (χ4n) is 4.71. The minimum Gasteiger partial charge on any atom is -0.356 e. The van der Waals surface area contributed by atoms with Crippen molar-refractivity contribution in [3.05, 3.63) is 57.8 Å². The maximum absolute atomic E-state index is 13.4. The summed E-state index contributed by atoms with van der Waals surface area (Å²) >= 11 is 1.62. The van der Waals surface area contributed by atoms with Crippen LogP contribution in [0.25, 0.3) is 0 Å². The Hall–Kier alpha value is -2.71. The Bertz CT molecular complexity index is 1020. The zero-order valence-electron chi connectivity index (χ0n) is 24.4. The maximum Gasteiger partial charge on any atom is 0.253 e. The van der Waals surface area contributed by atoms with Crippen molar-refractivity contribution >= 4 is 29.1 Å². The van der Waals surface area contributed by atoms with Gasteiger partial charge in [-0.25, -0.2) is 0 Å². The molecule has 7 nitrogen and oxygen atoms in total. The lowest BCUT2D eigenvalue weighted by Crippen LogP contribution is -2.50. The van der Waals surface area contributed by atoms with E-state index in [4.69, 9.17) is 5.73 Å². The number of hydrogen-bond acceptors (Lipinski definition) is 5. The second-order valence-corrected chi connectivity index (χ2v) is 11.5. The summed E-state index contributed by atoms with van der Waals surface area (Å²) in [6.45, 7) is 12.3. The van der Waals surface area contributed by atoms with Crippen LogP contribution in [0.1, 0.15) is 92.3 Å². The molecular weight excluding hydrogens is 508 g/mol. The molecule has 0 spiro atoms. The Balaban J connectivity index is 2.14. The summed E-state index contributed by atoms with van der Waals surface area (Å²) in [5.74, 6) is -0.146. The van der Waals surface area contributed by atoms with E-state index in [1.165, 1.54) is 0 Å². The predicted molar refractivity (Wildman–Crippen MR) is 161 cm³/mol. The summed E-state index contributed by atoms with van der Waals surface area (Å²) in [4.78, 5) is 42.2. The number of nitrogens with two attached hydrogens (primary N) is 1. The van der Waals surface area contributed by atoms with Crippen molar-refractivity contribution in [2.24, 2.45) is 17.6 Å². The van der Waals surface area contributed by atoms with Crippen LogP contribution in [0.3, 0.4) is 0 Å². The summed E-state index contributed by atoms with van der Waals surface area (Å²) in [7, 11) is 0. The minimum absolute atomic E-state index is 0.00604. The van der Waals surface area contributed by atoms with Gasteiger partial charge >= 0.3 is 0 Å². The lowest BCUT2D eigenvalue weighted by Gasteiger charge is -2.27. The van der Waals surface area contributed by atoms with Crippen molar-refractivity contribution < 1.29 is 14.4 Å². The second-order valence-electron chi connectivity index (χ2n) is 10.5. The lowest BCUT2D eigenvalue weighted by molar-refractivity contribution is -0.125. The normalized spacial score (nSPS) is 13.5. The quantitative estimate of drug-likeness (QED) is 0.247. The number of rotatable bonds is 17. The monoisotopic (exact) mass is 556 g/mol. The first-order valence-electron chi connectivity index (χ1n) is 14.5. The molecule has 0 unspecified atom stereocenters. The van der Waals surface area contributed by atoms with Crippen LogP contribution in [0.4, 0.5) is 0 Å². The van der Waals surface area contributed by atoms with E-state index in [2.05, 4.69) is 24.5 Å². The average molecular weight is 557 g/mol. The van der Waals surface area contributed by atoms with Crippen molar-refractivity contribution in [2.45, 2.75) is 85.2 Å². The standard InChI is InChI=1S/C31H48N4O3S/c1-6-15-35(16-7-2)31(38)25-13-10-12-24(19-25)30(37)34-28(20-26-14-11-17-39-26)27(32)18-22(5)29(36)33-21-23(8-3)9-4/h10-14,17,19,22-23,27-28H,6-9,15-16,18,20-21,32H2,1-5H3,(H,33,36)(H,34,37)/t22-,27+,28+/m1/s1. The number of thiophene rings is 1. The second kappa shape index (κ2) is 17.1. The number of nitrogens with zero attached hydrogens (tertiary/aromatic N) is 1. The zero-order chi connectivity index (χ0) is 28.8. The van der Waals surface area contributed by atoms with E-state index in [-0.39, 0.29) is 29.7 Å². The molecule has 2 rings (SSSR count). The van der Waals surface area contributed by atoms with Gasteiger partial charge in [0.25, 0.3) is 11.8 Å². The predicted octanol–water partition coefficient (Wildman–Crippen LogP) is 5.26. The van der Waals surface area contributed by atoms with E-state index >= 15 is 0 Å². The average Bonchev–Trinajstić information content (AvgIpc) is 3.45. The van der Waals surface area contributed by atoms with E-state index in [1.54, 1.807) is 35.6 Å². The molecule has 0 saturated carbocycles. The molecule has 0 aliphatic heterocycles. The van der Waals surface area contributed by atoms with Crippen LogP contribution in [0.15, 0.2) is 41.8 Å². The molecule has 39 heavy (non-hydrogen) atoms. The highest BCUT2D eigenvalue weighted by Gasteiger charge is 2.26. The summed E-state index contributed by atoms with van der Waals surface area (Å²) in [5, 5.41) is 8.19. The fourth-order valence-corrected chi connectivity index (χ4v) is 5.48. The van der Waals surface area contributed by atoms with Crippen molar-refractivity contribution in [2.75, 3.05) is 19.6 Å². The Morgan fingerprint density at radius 3 is 2.23 bits per heavy atom. The van der Waals surface area contributed by atoms with Crippen molar-refractivity contribution in [3.63, 3.8) is 0 Å². The van der Waals surface area contributed by atoms with Crippen LogP contribution in [0.5, 0.6) is 0 Å². The molecule has 0 aliphatic carbocycles. The molecular formula is C31H48N4O3S. The summed E-state index contributed by atoms with van der Waals surface area (Å²) in [6.07, 6.45) is 4.84. The van der Waals surface area contributed by atoms with Gasteiger partial charge in [-0.3, -0.25) is 14.4 Å². The third kappa shape index (κ3) is 10.4. The minimum atomic E-state index is -0.417. The Morgan fingerprint density at radius 2 is 1.64 bits per heavy atom. The zero-order valence-corrected chi connectivity index (χ0v) is 25.2. The van der Waals surface area contributed by atoms with E-state index < -0.39 is 6.04 Å². The third-order valence-corrected chi connectivity index (χ3v) is 8.17. The Morgan fingerprint density at radius 1 is 0.974 bits per heavy atom. The van der Waals surface area contributed by atoms with Gasteiger partial charge in [-0.1, -0.05) is 59.6 Å². The molecule has 1 aromatic heterocycles. The van der Waals surface area contributed by atoms with Crippen molar-refractivity contribution in [1.82, 2.24) is 15.5 Å². The highest BCUT2D eigenvalue weighted by Crippen LogP contribution is 2.18. The third-order valence-electron chi connectivity index (χ3n) is 7.27. The molecule has 0 aliphatic rings. The topological polar surface area (TPSA) is 105 Å². The highest BCUT2D eigenvalue weighted by molar-refractivity contribution is 7.09. The first kappa shape index (κ1) is 32.5. The van der Waals surface area contributed by atoms with Gasteiger partial charge < -0.3 is 21.3 Å². The van der Waals surface area contributed by atoms with Crippen LogP contribution in [-0.4, -0.2) is 54.3 Å². The van der Waals surface area contributed by atoms with Gasteiger partial charge in [-0.05, 0) is 54.8 Å². The van der Waals surface area contributed by atoms with Gasteiger partial charge in [0.1, 0.15) is 0 Å². The van der Waals surface area contributed by atoms with Crippen LogP contribution in [0.2, 0.25) is 0 Å². The first-order chi connectivity index (χ1) is 18.7. The highest BCUT2D eigenvalue weighted by atomic mass is 32.1. The van der Waals surface area contributed by atoms with Gasteiger partial charge in [-0.15, -0.1) is 11.3 Å². The molecule has 216 valence electrons. The molecule has 4 N–H and O–H groups in total. The molecule has 0 fully saturated rings. The van der Waals surface area contributed by atoms with Crippen LogP contribution in [-0.2, 0) is 11.2 Å². The first-order valence-corrected chi connectivity index (χ1v) is 15.4. The van der Waals surface area contributed by atoms with Gasteiger partial charge in [0.15, 0.2) is 0 Å². The molecule has 8 heteroatoms. The molecule has 0 radical (unpaired) electrons. The number of nitrogens with one attached hydrogen (secondary N) is 2. The largest absolute Gasteiger partial charge is 0.356 e. The van der Waals surface area contributed by atoms with Crippen LogP contribution >= 0.6 is 11.3 Å². The maximum atomic E-state index is 13.4. The van der Waals surface area contributed by atoms with Crippen LogP contribution in [0, 0.1) is 11.8 Å². The number of amides is 3. The number of benzene rings is 1. The van der Waals surface area contributed by atoms with Gasteiger partial charge in [0.2, 0.25) is 5.91 Å².